The average Bonchev–Trinajstić information content (AvgIpc) is 2.76. The maximum absolute atomic E-state index is 12.8. The van der Waals surface area contributed by atoms with Crippen molar-refractivity contribution >= 4 is 23.3 Å². The van der Waals surface area contributed by atoms with Gasteiger partial charge in [0.25, 0.3) is 0 Å². The second-order valence-electron chi connectivity index (χ2n) is 11.9. The predicted molar refractivity (Wildman–Crippen MR) is 157 cm³/mol. The third-order valence-corrected chi connectivity index (χ3v) is 6.17. The van der Waals surface area contributed by atoms with Gasteiger partial charge in [-0.05, 0) is 69.9 Å². The molecule has 212 valence electrons. The van der Waals surface area contributed by atoms with Crippen LogP contribution in [0.15, 0.2) is 61.7 Å². The van der Waals surface area contributed by atoms with Crippen LogP contribution < -0.4 is 10.6 Å². The zero-order valence-electron chi connectivity index (χ0n) is 25.1. The van der Waals surface area contributed by atoms with E-state index in [1.807, 2.05) is 90.1 Å². The normalized spacial score (nSPS) is 12.4. The van der Waals surface area contributed by atoms with Gasteiger partial charge in [0, 0.05) is 27.7 Å². The van der Waals surface area contributed by atoms with E-state index in [0.29, 0.717) is 0 Å². The van der Waals surface area contributed by atoms with Crippen LogP contribution in [0.25, 0.3) is 11.1 Å². The molecule has 0 spiro atoms. The molecule has 7 heteroatoms. The van der Waals surface area contributed by atoms with Gasteiger partial charge in [-0.1, -0.05) is 66.8 Å². The van der Waals surface area contributed by atoms with Crippen molar-refractivity contribution in [3.63, 3.8) is 0 Å². The van der Waals surface area contributed by atoms with Crippen molar-refractivity contribution in [2.45, 2.75) is 91.9 Å². The van der Waals surface area contributed by atoms with E-state index in [1.165, 1.54) is 0 Å². The van der Waals surface area contributed by atoms with E-state index >= 15 is 0 Å². The van der Waals surface area contributed by atoms with Gasteiger partial charge in [0.2, 0.25) is 11.6 Å². The van der Waals surface area contributed by atoms with E-state index < -0.39 is 34.8 Å². The second kappa shape index (κ2) is 11.7. The summed E-state index contributed by atoms with van der Waals surface area (Å²) < 4.78 is 17.1. The van der Waals surface area contributed by atoms with Gasteiger partial charge >= 0.3 is 12.2 Å². The molecule has 0 heterocycles. The van der Waals surface area contributed by atoms with Crippen LogP contribution in [0.1, 0.15) is 91.5 Å². The highest BCUT2D eigenvalue weighted by Gasteiger charge is 2.37. The van der Waals surface area contributed by atoms with Crippen molar-refractivity contribution in [3.05, 3.63) is 83.9 Å². The summed E-state index contributed by atoms with van der Waals surface area (Å²) in [5.41, 5.74) is 4.28. The molecule has 0 aliphatic carbocycles. The van der Waals surface area contributed by atoms with Gasteiger partial charge in [-0.2, -0.15) is 0 Å². The number of carbonyl (C=O) groups excluding carboxylic acids is 2. The van der Waals surface area contributed by atoms with Gasteiger partial charge in [0.15, 0.2) is 0 Å². The van der Waals surface area contributed by atoms with Crippen LogP contribution in [0, 0.1) is 0 Å². The van der Waals surface area contributed by atoms with Crippen LogP contribution in [0.2, 0.25) is 0 Å². The number of amides is 2. The Kier molecular flexibility index (Phi) is 9.46. The van der Waals surface area contributed by atoms with Crippen LogP contribution in [0.3, 0.4) is 0 Å². The zero-order valence-corrected chi connectivity index (χ0v) is 25.1. The van der Waals surface area contributed by atoms with Gasteiger partial charge in [0.1, 0.15) is 0 Å². The third kappa shape index (κ3) is 9.29. The summed E-state index contributed by atoms with van der Waals surface area (Å²) in [4.78, 5) is 25.6. The minimum atomic E-state index is -1.41. The molecular formula is C32H44N2O5. The maximum Gasteiger partial charge on any atom is 0.410 e. The molecule has 7 nitrogen and oxygen atoms in total. The highest BCUT2D eigenvalue weighted by Crippen LogP contribution is 2.27. The number of nitrogens with one attached hydrogen (secondary N) is 2. The van der Waals surface area contributed by atoms with E-state index in [2.05, 4.69) is 23.8 Å². The number of hydrogen-bond donors (Lipinski definition) is 2. The minimum absolute atomic E-state index is 0.673. The van der Waals surface area contributed by atoms with E-state index in [1.54, 1.807) is 27.7 Å². The number of alkyl carbamates (subject to hydrolysis) is 2. The first kappa shape index (κ1) is 31.6. The molecule has 0 radical (unpaired) electrons. The first-order chi connectivity index (χ1) is 17.7. The molecule has 0 saturated heterocycles. The monoisotopic (exact) mass is 536 g/mol. The lowest BCUT2D eigenvalue weighted by Gasteiger charge is -2.36. The first-order valence-electron chi connectivity index (χ1n) is 13.0. The number of hydrogen-bond acceptors (Lipinski definition) is 5. The molecule has 2 aromatic rings. The van der Waals surface area contributed by atoms with Crippen molar-refractivity contribution in [2.24, 2.45) is 0 Å². The molecule has 2 rings (SSSR count). The van der Waals surface area contributed by atoms with E-state index in [4.69, 9.17) is 14.2 Å². The summed E-state index contributed by atoms with van der Waals surface area (Å²) in [7, 11) is 0. The largest absolute Gasteiger partial charge is 0.417 e. The maximum atomic E-state index is 12.8. The van der Waals surface area contributed by atoms with E-state index in [-0.39, 0.29) is 0 Å². The molecule has 0 fully saturated rings. The zero-order chi connectivity index (χ0) is 29.8. The smallest absolute Gasteiger partial charge is 0.410 e. The van der Waals surface area contributed by atoms with Crippen LogP contribution in [0.5, 0.6) is 0 Å². The Morgan fingerprint density at radius 2 is 1.08 bits per heavy atom. The van der Waals surface area contributed by atoms with Crippen molar-refractivity contribution in [1.82, 2.24) is 10.6 Å². The van der Waals surface area contributed by atoms with Crippen molar-refractivity contribution in [3.8, 4) is 0 Å². The fraction of sp³-hybridized carbons (Fsp3) is 0.438. The molecule has 0 aliphatic heterocycles. The predicted octanol–water partition coefficient (Wildman–Crippen LogP) is 7.86. The fourth-order valence-electron chi connectivity index (χ4n) is 4.13. The summed E-state index contributed by atoms with van der Waals surface area (Å²) in [6, 6.07) is 15.6. The molecule has 0 aromatic heterocycles. The molecule has 0 aliphatic rings. The van der Waals surface area contributed by atoms with E-state index in [9.17, 15) is 9.59 Å². The molecule has 0 saturated carbocycles. The fourth-order valence-corrected chi connectivity index (χ4v) is 4.13. The van der Waals surface area contributed by atoms with Crippen LogP contribution >= 0.6 is 0 Å². The lowest BCUT2D eigenvalue weighted by Crippen LogP contribution is -2.50. The summed E-state index contributed by atoms with van der Waals surface area (Å²) in [5.74, 6) is -2.81. The quantitative estimate of drug-likeness (QED) is 0.302. The Morgan fingerprint density at radius 3 is 1.51 bits per heavy atom. The van der Waals surface area contributed by atoms with Crippen LogP contribution in [-0.4, -0.2) is 23.8 Å². The van der Waals surface area contributed by atoms with Gasteiger partial charge in [-0.15, -0.1) is 0 Å². The SMILES string of the molecule is C=C(C)c1ccc(C(C)(C)NC(=O)OC(C)(C)OC(C)(C)OC(=O)NC(C)(C)c2cccc(C(=C)C)c2)cc1. The summed E-state index contributed by atoms with van der Waals surface area (Å²) >= 11 is 0. The Labute approximate surface area is 233 Å². The number of carbonyl (C=O) groups is 2. The number of ether oxygens (including phenoxy) is 3. The highest BCUT2D eigenvalue weighted by molar-refractivity contribution is 5.70. The summed E-state index contributed by atoms with van der Waals surface area (Å²) in [6.45, 7) is 25.6. The van der Waals surface area contributed by atoms with Gasteiger partial charge < -0.3 is 20.1 Å². The molecule has 39 heavy (non-hydrogen) atoms. The average molecular weight is 537 g/mol. The summed E-state index contributed by atoms with van der Waals surface area (Å²) in [5, 5.41) is 5.76. The molecule has 0 unspecified atom stereocenters. The molecular weight excluding hydrogens is 492 g/mol. The number of allylic oxidation sites excluding steroid dienone is 2. The topological polar surface area (TPSA) is 85.9 Å². The Bertz CT molecular complexity index is 1220. The van der Waals surface area contributed by atoms with Crippen LogP contribution in [0.4, 0.5) is 9.59 Å². The van der Waals surface area contributed by atoms with Crippen molar-refractivity contribution in [1.29, 1.82) is 0 Å². The third-order valence-electron chi connectivity index (χ3n) is 6.17. The highest BCUT2D eigenvalue weighted by atomic mass is 16.8. The Balaban J connectivity index is 2.00. The van der Waals surface area contributed by atoms with Gasteiger partial charge in [0.05, 0.1) is 11.1 Å². The van der Waals surface area contributed by atoms with Crippen molar-refractivity contribution < 1.29 is 23.8 Å². The van der Waals surface area contributed by atoms with E-state index in [0.717, 1.165) is 33.4 Å². The molecule has 0 atom stereocenters. The van der Waals surface area contributed by atoms with Crippen molar-refractivity contribution in [2.75, 3.05) is 0 Å². The molecule has 2 amide bonds. The summed E-state index contributed by atoms with van der Waals surface area (Å²) in [6.07, 6.45) is -1.35. The van der Waals surface area contributed by atoms with Gasteiger partial charge in [-0.3, -0.25) is 4.74 Å². The van der Waals surface area contributed by atoms with Crippen LogP contribution in [-0.2, 0) is 25.3 Å². The number of rotatable bonds is 10. The lowest BCUT2D eigenvalue weighted by molar-refractivity contribution is -0.299. The lowest BCUT2D eigenvalue weighted by atomic mass is 9.92. The minimum Gasteiger partial charge on any atom is -0.417 e. The number of benzene rings is 2. The Hall–Kier alpha value is -3.58. The standard InChI is InChI=1S/C32H44N2O5/c1-21(2)23-16-18-25(19-17-23)29(5,6)33-27(35)37-31(9,10)39-32(11,12)38-28(36)34-30(7,8)26-15-13-14-24(20-26)22(3)4/h13-20H,1,3H2,2,4-12H3,(H,33,35)(H,34,36). The van der Waals surface area contributed by atoms with Gasteiger partial charge in [-0.25, -0.2) is 9.59 Å². The molecule has 0 bridgehead atoms. The Morgan fingerprint density at radius 1 is 0.641 bits per heavy atom. The first-order valence-corrected chi connectivity index (χ1v) is 13.0. The second-order valence-corrected chi connectivity index (χ2v) is 11.9. The molecule has 2 N–H and O–H groups in total. The molecule has 2 aromatic carbocycles.